The molecule has 0 unspecified atom stereocenters. The maximum atomic E-state index is 11.2. The molecule has 0 fully saturated rings. The number of nitro benzene ring substituents is 1. The predicted molar refractivity (Wildman–Crippen MR) is 60.1 cm³/mol. The second kappa shape index (κ2) is 4.88. The molecule has 1 aromatic carbocycles. The lowest BCUT2D eigenvalue weighted by atomic mass is 10.3. The third kappa shape index (κ3) is 3.32. The predicted octanol–water partition coefficient (Wildman–Crippen LogP) is 2.32. The fourth-order valence-electron chi connectivity index (χ4n) is 0.908. The average molecular weight is 273 g/mol. The van der Waals surface area contributed by atoms with Gasteiger partial charge in [0.05, 0.1) is 9.75 Å². The Morgan fingerprint density at radius 2 is 2.00 bits per heavy atom. The summed E-state index contributed by atoms with van der Waals surface area (Å²) in [6, 6.07) is 5.67. The van der Waals surface area contributed by atoms with E-state index in [1.54, 1.807) is 6.92 Å². The lowest BCUT2D eigenvalue weighted by Gasteiger charge is -2.05. The SMILES string of the molecule is C[C@H](Br)C(=O)Nc1ccc([N+](=O)[O-])cc1. The number of amides is 1. The first-order chi connectivity index (χ1) is 7.00. The molecule has 1 amide bonds. The zero-order valence-electron chi connectivity index (χ0n) is 7.94. The van der Waals surface area contributed by atoms with Gasteiger partial charge in [0.15, 0.2) is 0 Å². The number of non-ortho nitro benzene ring substituents is 1. The highest BCUT2D eigenvalue weighted by Crippen LogP contribution is 2.16. The second-order valence-electron chi connectivity index (χ2n) is 2.91. The third-order valence-corrected chi connectivity index (χ3v) is 2.12. The maximum Gasteiger partial charge on any atom is 0.269 e. The van der Waals surface area contributed by atoms with E-state index in [1.165, 1.54) is 24.3 Å². The minimum absolute atomic E-state index is 0.000102. The summed E-state index contributed by atoms with van der Waals surface area (Å²) >= 11 is 3.11. The van der Waals surface area contributed by atoms with E-state index in [0.29, 0.717) is 5.69 Å². The van der Waals surface area contributed by atoms with Crippen LogP contribution in [0, 0.1) is 10.1 Å². The minimum Gasteiger partial charge on any atom is -0.325 e. The molecule has 0 aliphatic heterocycles. The number of alkyl halides is 1. The number of nitro groups is 1. The number of nitrogens with zero attached hydrogens (tertiary/aromatic N) is 1. The van der Waals surface area contributed by atoms with Gasteiger partial charge >= 0.3 is 0 Å². The Morgan fingerprint density at radius 1 is 1.47 bits per heavy atom. The Bertz CT molecular complexity index is 375. The van der Waals surface area contributed by atoms with Crippen LogP contribution in [0.3, 0.4) is 0 Å². The standard InChI is InChI=1S/C9H9BrN2O3/c1-6(10)9(13)11-7-2-4-8(5-3-7)12(14)15/h2-6H,1H3,(H,11,13)/t6-/m0/s1. The van der Waals surface area contributed by atoms with E-state index in [-0.39, 0.29) is 16.4 Å². The normalized spacial score (nSPS) is 11.9. The Morgan fingerprint density at radius 3 is 2.40 bits per heavy atom. The number of halogens is 1. The van der Waals surface area contributed by atoms with Crippen LogP contribution in [0.1, 0.15) is 6.92 Å². The summed E-state index contributed by atoms with van der Waals surface area (Å²) in [5, 5.41) is 13.0. The summed E-state index contributed by atoms with van der Waals surface area (Å²) in [6.45, 7) is 1.70. The van der Waals surface area contributed by atoms with E-state index in [4.69, 9.17) is 0 Å². The Labute approximate surface area is 94.8 Å². The first-order valence-corrected chi connectivity index (χ1v) is 5.11. The molecule has 0 bridgehead atoms. The fourth-order valence-corrected chi connectivity index (χ4v) is 1.02. The summed E-state index contributed by atoms with van der Waals surface area (Å²) in [7, 11) is 0. The van der Waals surface area contributed by atoms with Crippen molar-refractivity contribution in [1.29, 1.82) is 0 Å². The summed E-state index contributed by atoms with van der Waals surface area (Å²) in [4.78, 5) is 20.8. The Balaban J connectivity index is 2.73. The molecule has 6 heteroatoms. The maximum absolute atomic E-state index is 11.2. The van der Waals surface area contributed by atoms with E-state index in [1.807, 2.05) is 0 Å². The largest absolute Gasteiger partial charge is 0.325 e. The molecular weight excluding hydrogens is 264 g/mol. The molecule has 0 aromatic heterocycles. The van der Waals surface area contributed by atoms with Crippen LogP contribution in [-0.4, -0.2) is 15.7 Å². The van der Waals surface area contributed by atoms with Crippen LogP contribution in [0.4, 0.5) is 11.4 Å². The van der Waals surface area contributed by atoms with E-state index < -0.39 is 4.92 Å². The summed E-state index contributed by atoms with van der Waals surface area (Å²) in [5.74, 6) is -0.191. The quantitative estimate of drug-likeness (QED) is 0.521. The van der Waals surface area contributed by atoms with E-state index in [9.17, 15) is 14.9 Å². The van der Waals surface area contributed by atoms with Crippen LogP contribution >= 0.6 is 15.9 Å². The minimum atomic E-state index is -0.487. The zero-order valence-corrected chi connectivity index (χ0v) is 9.52. The molecule has 80 valence electrons. The van der Waals surface area contributed by atoms with Crippen molar-refractivity contribution in [2.45, 2.75) is 11.8 Å². The molecule has 1 atom stereocenters. The van der Waals surface area contributed by atoms with Crippen molar-refractivity contribution in [2.75, 3.05) is 5.32 Å². The lowest BCUT2D eigenvalue weighted by Crippen LogP contribution is -2.19. The summed E-state index contributed by atoms with van der Waals surface area (Å²) < 4.78 is 0. The van der Waals surface area contributed by atoms with Crippen LogP contribution in [0.25, 0.3) is 0 Å². The fraction of sp³-hybridized carbons (Fsp3) is 0.222. The van der Waals surface area contributed by atoms with Gasteiger partial charge in [-0.1, -0.05) is 15.9 Å². The number of hydrogen-bond donors (Lipinski definition) is 1. The van der Waals surface area contributed by atoms with Crippen LogP contribution in [0.2, 0.25) is 0 Å². The molecule has 5 nitrogen and oxygen atoms in total. The zero-order chi connectivity index (χ0) is 11.4. The van der Waals surface area contributed by atoms with Gasteiger partial charge in [0.1, 0.15) is 0 Å². The molecule has 15 heavy (non-hydrogen) atoms. The van der Waals surface area contributed by atoms with Crippen molar-refractivity contribution >= 4 is 33.2 Å². The van der Waals surface area contributed by atoms with Crippen LogP contribution in [0.15, 0.2) is 24.3 Å². The number of carbonyl (C=O) groups excluding carboxylic acids is 1. The van der Waals surface area contributed by atoms with Crippen molar-refractivity contribution in [3.63, 3.8) is 0 Å². The number of hydrogen-bond acceptors (Lipinski definition) is 3. The van der Waals surface area contributed by atoms with E-state index in [2.05, 4.69) is 21.2 Å². The highest BCUT2D eigenvalue weighted by Gasteiger charge is 2.09. The Hall–Kier alpha value is -1.43. The number of benzene rings is 1. The van der Waals surface area contributed by atoms with Crippen molar-refractivity contribution in [1.82, 2.24) is 0 Å². The second-order valence-corrected chi connectivity index (χ2v) is 4.28. The molecule has 1 aromatic rings. The third-order valence-electron chi connectivity index (χ3n) is 1.71. The van der Waals surface area contributed by atoms with Crippen molar-refractivity contribution in [3.8, 4) is 0 Å². The molecule has 1 N–H and O–H groups in total. The number of nitrogens with one attached hydrogen (secondary N) is 1. The molecule has 0 saturated heterocycles. The van der Waals surface area contributed by atoms with Gasteiger partial charge in [-0.05, 0) is 19.1 Å². The Kier molecular flexibility index (Phi) is 3.79. The van der Waals surface area contributed by atoms with Gasteiger partial charge in [0, 0.05) is 17.8 Å². The monoisotopic (exact) mass is 272 g/mol. The van der Waals surface area contributed by atoms with Crippen LogP contribution < -0.4 is 5.32 Å². The topological polar surface area (TPSA) is 72.2 Å². The number of rotatable bonds is 3. The summed E-state index contributed by atoms with van der Waals surface area (Å²) in [5.41, 5.74) is 0.539. The van der Waals surface area contributed by atoms with Crippen LogP contribution in [0.5, 0.6) is 0 Å². The van der Waals surface area contributed by atoms with E-state index in [0.717, 1.165) is 0 Å². The van der Waals surface area contributed by atoms with Crippen molar-refractivity contribution < 1.29 is 9.72 Å². The van der Waals surface area contributed by atoms with Gasteiger partial charge in [-0.2, -0.15) is 0 Å². The van der Waals surface area contributed by atoms with E-state index >= 15 is 0 Å². The first kappa shape index (κ1) is 11.6. The molecule has 0 aliphatic rings. The first-order valence-electron chi connectivity index (χ1n) is 4.20. The number of carbonyl (C=O) groups is 1. The average Bonchev–Trinajstić information content (AvgIpc) is 2.18. The van der Waals surface area contributed by atoms with Gasteiger partial charge in [0.25, 0.3) is 5.69 Å². The lowest BCUT2D eigenvalue weighted by molar-refractivity contribution is -0.384. The molecule has 0 saturated carbocycles. The molecule has 0 radical (unpaired) electrons. The highest BCUT2D eigenvalue weighted by atomic mass is 79.9. The molecular formula is C9H9BrN2O3. The number of anilines is 1. The van der Waals surface area contributed by atoms with Gasteiger partial charge in [-0.15, -0.1) is 0 Å². The van der Waals surface area contributed by atoms with Crippen LogP contribution in [-0.2, 0) is 4.79 Å². The van der Waals surface area contributed by atoms with Gasteiger partial charge in [-0.25, -0.2) is 0 Å². The molecule has 0 spiro atoms. The molecule has 1 rings (SSSR count). The van der Waals surface area contributed by atoms with Gasteiger partial charge in [-0.3, -0.25) is 14.9 Å². The van der Waals surface area contributed by atoms with Gasteiger partial charge in [0.2, 0.25) is 5.91 Å². The smallest absolute Gasteiger partial charge is 0.269 e. The van der Waals surface area contributed by atoms with Gasteiger partial charge < -0.3 is 5.32 Å². The van der Waals surface area contributed by atoms with Crippen molar-refractivity contribution in [2.24, 2.45) is 0 Å². The molecule has 0 heterocycles. The van der Waals surface area contributed by atoms with Crippen molar-refractivity contribution in [3.05, 3.63) is 34.4 Å². The summed E-state index contributed by atoms with van der Waals surface area (Å²) in [6.07, 6.45) is 0. The highest BCUT2D eigenvalue weighted by molar-refractivity contribution is 9.10. The molecule has 0 aliphatic carbocycles.